The van der Waals surface area contributed by atoms with Gasteiger partial charge in [-0.05, 0) is 78.9 Å². The summed E-state index contributed by atoms with van der Waals surface area (Å²) < 4.78 is 5.34. The van der Waals surface area contributed by atoms with Gasteiger partial charge in [-0.3, -0.25) is 0 Å². The quantitative estimate of drug-likeness (QED) is 0.816. The first kappa shape index (κ1) is 18.5. The third-order valence-corrected chi connectivity index (χ3v) is 4.75. The van der Waals surface area contributed by atoms with Crippen LogP contribution in [0.25, 0.3) is 0 Å². The molecule has 2 unspecified atom stereocenters. The van der Waals surface area contributed by atoms with E-state index in [4.69, 9.17) is 4.74 Å². The number of amides is 1. The molecule has 0 radical (unpaired) electrons. The molecule has 1 amide bonds. The third-order valence-electron chi connectivity index (χ3n) is 4.75. The maximum Gasteiger partial charge on any atom is 0.407 e. The molecule has 1 saturated heterocycles. The third kappa shape index (κ3) is 6.68. The first-order valence-corrected chi connectivity index (χ1v) is 9.33. The lowest BCUT2D eigenvalue weighted by Gasteiger charge is -2.33. The molecule has 0 aromatic heterocycles. The van der Waals surface area contributed by atoms with Gasteiger partial charge in [-0.1, -0.05) is 6.92 Å². The van der Waals surface area contributed by atoms with Crippen molar-refractivity contribution >= 4 is 6.09 Å². The van der Waals surface area contributed by atoms with E-state index in [9.17, 15) is 4.79 Å². The molecule has 0 aromatic rings. The Hall–Kier alpha value is -0.810. The van der Waals surface area contributed by atoms with E-state index in [1.54, 1.807) is 0 Å². The number of likely N-dealkylation sites (tertiary alicyclic amines) is 1. The molecule has 2 aliphatic rings. The molecule has 2 N–H and O–H groups in total. The van der Waals surface area contributed by atoms with E-state index in [1.807, 2.05) is 20.8 Å². The Bertz CT molecular complexity index is 373. The van der Waals surface area contributed by atoms with Gasteiger partial charge in [-0.15, -0.1) is 0 Å². The largest absolute Gasteiger partial charge is 0.444 e. The van der Waals surface area contributed by atoms with Gasteiger partial charge in [0.1, 0.15) is 5.60 Å². The van der Waals surface area contributed by atoms with Crippen LogP contribution in [0.1, 0.15) is 66.2 Å². The molecule has 0 aromatic carbocycles. The van der Waals surface area contributed by atoms with Crippen molar-refractivity contribution in [3.63, 3.8) is 0 Å². The van der Waals surface area contributed by atoms with Gasteiger partial charge in [0, 0.05) is 18.1 Å². The average molecular weight is 325 g/mol. The molecule has 0 bridgehead atoms. The summed E-state index contributed by atoms with van der Waals surface area (Å²) in [6.07, 6.45) is 6.69. The van der Waals surface area contributed by atoms with E-state index in [1.165, 1.54) is 38.9 Å². The van der Waals surface area contributed by atoms with Crippen LogP contribution in [0.15, 0.2) is 0 Å². The van der Waals surface area contributed by atoms with Crippen LogP contribution in [0.4, 0.5) is 4.79 Å². The minimum absolute atomic E-state index is 0.252. The minimum Gasteiger partial charge on any atom is -0.444 e. The Morgan fingerprint density at radius 3 is 2.35 bits per heavy atom. The Labute approximate surface area is 141 Å². The predicted molar refractivity (Wildman–Crippen MR) is 93.7 cm³/mol. The number of piperidine rings is 1. The second kappa shape index (κ2) is 8.34. The van der Waals surface area contributed by atoms with Crippen molar-refractivity contribution in [2.45, 2.75) is 89.9 Å². The normalized spacial score (nSPS) is 27.1. The summed E-state index contributed by atoms with van der Waals surface area (Å²) in [5.41, 5.74) is -0.424. The predicted octanol–water partition coefficient (Wildman–Crippen LogP) is 2.90. The van der Waals surface area contributed by atoms with Gasteiger partial charge < -0.3 is 20.3 Å². The van der Waals surface area contributed by atoms with Gasteiger partial charge in [-0.2, -0.15) is 0 Å². The lowest BCUT2D eigenvalue weighted by atomic mass is 10.0. The van der Waals surface area contributed by atoms with Crippen LogP contribution in [-0.2, 0) is 4.74 Å². The molecule has 5 heteroatoms. The van der Waals surface area contributed by atoms with Crippen molar-refractivity contribution in [1.82, 2.24) is 15.5 Å². The van der Waals surface area contributed by atoms with Gasteiger partial charge in [0.25, 0.3) is 0 Å². The number of nitrogens with one attached hydrogen (secondary N) is 2. The number of hydrogen-bond acceptors (Lipinski definition) is 4. The van der Waals surface area contributed by atoms with Gasteiger partial charge in [0.2, 0.25) is 0 Å². The van der Waals surface area contributed by atoms with Crippen LogP contribution >= 0.6 is 0 Å². The summed E-state index contributed by atoms with van der Waals surface area (Å²) in [7, 11) is 0. The molecule has 2 rings (SSSR count). The maximum atomic E-state index is 11.8. The number of ether oxygens (including phenoxy) is 1. The SMILES string of the molecule is CCCN1CCC(NC2CCC(NC(=O)OC(C)(C)C)C2)CC1. The lowest BCUT2D eigenvalue weighted by molar-refractivity contribution is 0.0505. The standard InChI is InChI=1S/C18H35N3O2/c1-5-10-21-11-8-14(9-12-21)19-15-6-7-16(13-15)20-17(22)23-18(2,3)4/h14-16,19H,5-13H2,1-4H3,(H,20,22). The Balaban J connectivity index is 1.65. The first-order valence-electron chi connectivity index (χ1n) is 9.33. The maximum absolute atomic E-state index is 11.8. The first-order chi connectivity index (χ1) is 10.9. The Morgan fingerprint density at radius 2 is 1.74 bits per heavy atom. The number of rotatable bonds is 5. The monoisotopic (exact) mass is 325 g/mol. The molecular weight excluding hydrogens is 290 g/mol. The lowest BCUT2D eigenvalue weighted by Crippen LogP contribution is -2.46. The zero-order valence-corrected chi connectivity index (χ0v) is 15.4. The highest BCUT2D eigenvalue weighted by Gasteiger charge is 2.29. The molecule has 1 heterocycles. The molecule has 1 aliphatic carbocycles. The van der Waals surface area contributed by atoms with Gasteiger partial charge in [0.05, 0.1) is 0 Å². The molecule has 0 spiro atoms. The summed E-state index contributed by atoms with van der Waals surface area (Å²) >= 11 is 0. The zero-order chi connectivity index (χ0) is 16.9. The summed E-state index contributed by atoms with van der Waals surface area (Å²) in [4.78, 5) is 14.4. The molecule has 23 heavy (non-hydrogen) atoms. The fourth-order valence-corrected chi connectivity index (χ4v) is 3.71. The summed E-state index contributed by atoms with van der Waals surface area (Å²) in [5, 5.41) is 6.83. The van der Waals surface area contributed by atoms with Crippen LogP contribution in [0, 0.1) is 0 Å². The van der Waals surface area contributed by atoms with Crippen LogP contribution in [0.2, 0.25) is 0 Å². The van der Waals surface area contributed by atoms with Crippen LogP contribution < -0.4 is 10.6 Å². The van der Waals surface area contributed by atoms with Crippen molar-refractivity contribution in [3.8, 4) is 0 Å². The van der Waals surface area contributed by atoms with Crippen molar-refractivity contribution in [1.29, 1.82) is 0 Å². The van der Waals surface area contributed by atoms with Crippen molar-refractivity contribution in [2.24, 2.45) is 0 Å². The fourth-order valence-electron chi connectivity index (χ4n) is 3.71. The van der Waals surface area contributed by atoms with Gasteiger partial charge in [0.15, 0.2) is 0 Å². The van der Waals surface area contributed by atoms with Crippen LogP contribution in [0.3, 0.4) is 0 Å². The number of hydrogen-bond donors (Lipinski definition) is 2. The highest BCUT2D eigenvalue weighted by Crippen LogP contribution is 2.22. The summed E-state index contributed by atoms with van der Waals surface area (Å²) in [5.74, 6) is 0. The average Bonchev–Trinajstić information content (AvgIpc) is 2.86. The second-order valence-corrected chi connectivity index (χ2v) is 8.14. The number of nitrogens with zero attached hydrogens (tertiary/aromatic N) is 1. The molecule has 1 saturated carbocycles. The highest BCUT2D eigenvalue weighted by molar-refractivity contribution is 5.68. The van der Waals surface area contributed by atoms with E-state index in [0.717, 1.165) is 19.3 Å². The Morgan fingerprint density at radius 1 is 1.09 bits per heavy atom. The Kier molecular flexibility index (Phi) is 6.72. The molecule has 134 valence electrons. The van der Waals surface area contributed by atoms with Crippen LogP contribution in [0.5, 0.6) is 0 Å². The molecule has 1 aliphatic heterocycles. The van der Waals surface area contributed by atoms with E-state index < -0.39 is 5.60 Å². The number of alkyl carbamates (subject to hydrolysis) is 1. The smallest absolute Gasteiger partial charge is 0.407 e. The van der Waals surface area contributed by atoms with E-state index >= 15 is 0 Å². The van der Waals surface area contributed by atoms with Crippen molar-refractivity contribution in [2.75, 3.05) is 19.6 Å². The summed E-state index contributed by atoms with van der Waals surface area (Å²) in [6, 6.07) is 1.44. The zero-order valence-electron chi connectivity index (χ0n) is 15.4. The van der Waals surface area contributed by atoms with E-state index in [0.29, 0.717) is 12.1 Å². The molecule has 2 atom stereocenters. The van der Waals surface area contributed by atoms with Crippen molar-refractivity contribution in [3.05, 3.63) is 0 Å². The van der Waals surface area contributed by atoms with E-state index in [-0.39, 0.29) is 12.1 Å². The second-order valence-electron chi connectivity index (χ2n) is 8.14. The number of carbonyl (C=O) groups excluding carboxylic acids is 1. The topological polar surface area (TPSA) is 53.6 Å². The van der Waals surface area contributed by atoms with Gasteiger partial charge >= 0.3 is 6.09 Å². The summed E-state index contributed by atoms with van der Waals surface area (Å²) in [6.45, 7) is 11.6. The molecule has 5 nitrogen and oxygen atoms in total. The van der Waals surface area contributed by atoms with E-state index in [2.05, 4.69) is 22.5 Å². The minimum atomic E-state index is -0.424. The highest BCUT2D eigenvalue weighted by atomic mass is 16.6. The fraction of sp³-hybridized carbons (Fsp3) is 0.944. The molecular formula is C18H35N3O2. The van der Waals surface area contributed by atoms with Crippen molar-refractivity contribution < 1.29 is 9.53 Å². The number of carbonyl (C=O) groups is 1. The molecule has 2 fully saturated rings. The van der Waals surface area contributed by atoms with Crippen LogP contribution in [-0.4, -0.2) is 54.4 Å². The van der Waals surface area contributed by atoms with Gasteiger partial charge in [-0.25, -0.2) is 4.79 Å².